The first-order valence-electron chi connectivity index (χ1n) is 11.0. The number of nitrogens with zero attached hydrogens (tertiary/aromatic N) is 2. The summed E-state index contributed by atoms with van der Waals surface area (Å²) in [5.74, 6) is 0.994. The number of methoxy groups -OCH3 is 1. The van der Waals surface area contributed by atoms with Crippen LogP contribution in [0.1, 0.15) is 47.9 Å². The van der Waals surface area contributed by atoms with Gasteiger partial charge in [-0.3, -0.25) is 9.80 Å². The maximum Gasteiger partial charge on any atom is 0.123 e. The smallest absolute Gasteiger partial charge is 0.123 e. The number of rotatable bonds is 6. The molecule has 1 N–H and O–H groups in total. The van der Waals surface area contributed by atoms with Crippen molar-refractivity contribution in [2.24, 2.45) is 0 Å². The number of aryl methyl sites for hydroxylation is 1. The normalized spacial score (nSPS) is 20.1. The van der Waals surface area contributed by atoms with Crippen LogP contribution in [0.5, 0.6) is 5.75 Å². The van der Waals surface area contributed by atoms with Crippen molar-refractivity contribution >= 4 is 0 Å². The Kier molecular flexibility index (Phi) is 6.23. The van der Waals surface area contributed by atoms with Gasteiger partial charge < -0.3 is 9.84 Å². The Morgan fingerprint density at radius 2 is 1.66 bits per heavy atom. The number of aliphatic hydroxyl groups is 1. The fraction of sp³-hybridized carbons (Fsp3) is 0.520. The third kappa shape index (κ3) is 4.82. The molecule has 0 saturated carbocycles. The van der Waals surface area contributed by atoms with Gasteiger partial charge in [-0.25, -0.2) is 0 Å². The Morgan fingerprint density at radius 1 is 0.931 bits per heavy atom. The molecule has 4 nitrogen and oxygen atoms in total. The van der Waals surface area contributed by atoms with Crippen molar-refractivity contribution in [3.8, 4) is 5.75 Å². The van der Waals surface area contributed by atoms with Gasteiger partial charge in [0.1, 0.15) is 5.75 Å². The maximum absolute atomic E-state index is 11.2. The second kappa shape index (κ2) is 8.86. The molecule has 2 aromatic rings. The summed E-state index contributed by atoms with van der Waals surface area (Å²) in [5, 5.41) is 11.2. The Balaban J connectivity index is 1.40. The lowest BCUT2D eigenvalue weighted by Crippen LogP contribution is -2.42. The molecular weight excluding hydrogens is 360 g/mol. The summed E-state index contributed by atoms with van der Waals surface area (Å²) in [6, 6.07) is 15.0. The number of benzene rings is 2. The molecule has 2 aliphatic rings. The predicted octanol–water partition coefficient (Wildman–Crippen LogP) is 4.08. The Labute approximate surface area is 175 Å². The van der Waals surface area contributed by atoms with Crippen molar-refractivity contribution in [1.29, 1.82) is 0 Å². The van der Waals surface area contributed by atoms with Gasteiger partial charge in [0, 0.05) is 31.7 Å². The molecule has 0 spiro atoms. The van der Waals surface area contributed by atoms with Crippen LogP contribution in [0.25, 0.3) is 0 Å². The summed E-state index contributed by atoms with van der Waals surface area (Å²) in [7, 11) is 1.76. The van der Waals surface area contributed by atoms with E-state index in [0.717, 1.165) is 50.3 Å². The quantitative estimate of drug-likeness (QED) is 0.801. The molecule has 0 aliphatic carbocycles. The molecule has 156 valence electrons. The van der Waals surface area contributed by atoms with Gasteiger partial charge in [-0.15, -0.1) is 0 Å². The second-order valence-corrected chi connectivity index (χ2v) is 8.81. The molecule has 2 aliphatic heterocycles. The van der Waals surface area contributed by atoms with Crippen LogP contribution in [0.15, 0.2) is 42.5 Å². The zero-order chi connectivity index (χ0) is 20.3. The predicted molar refractivity (Wildman–Crippen MR) is 117 cm³/mol. The molecule has 2 saturated heterocycles. The molecule has 4 heteroatoms. The first-order valence-corrected chi connectivity index (χ1v) is 11.0. The van der Waals surface area contributed by atoms with E-state index in [1.165, 1.54) is 42.6 Å². The van der Waals surface area contributed by atoms with Crippen molar-refractivity contribution in [1.82, 2.24) is 9.80 Å². The molecule has 0 unspecified atom stereocenters. The lowest BCUT2D eigenvalue weighted by Gasteiger charge is -2.38. The number of likely N-dealkylation sites (tertiary alicyclic amines) is 2. The Bertz CT molecular complexity index is 821. The summed E-state index contributed by atoms with van der Waals surface area (Å²) in [6.45, 7) is 8.21. The van der Waals surface area contributed by atoms with E-state index in [-0.39, 0.29) is 0 Å². The molecule has 4 rings (SSSR count). The van der Waals surface area contributed by atoms with Gasteiger partial charge in [0.25, 0.3) is 0 Å². The highest BCUT2D eigenvalue weighted by Crippen LogP contribution is 2.34. The number of hydrogen-bond acceptors (Lipinski definition) is 4. The Hall–Kier alpha value is -1.88. The second-order valence-electron chi connectivity index (χ2n) is 8.81. The van der Waals surface area contributed by atoms with Crippen LogP contribution in [0.4, 0.5) is 0 Å². The first-order chi connectivity index (χ1) is 14.1. The summed E-state index contributed by atoms with van der Waals surface area (Å²) in [5.41, 5.74) is 4.21. The molecule has 2 aromatic carbocycles. The van der Waals surface area contributed by atoms with E-state index >= 15 is 0 Å². The van der Waals surface area contributed by atoms with Crippen molar-refractivity contribution in [2.45, 2.75) is 51.3 Å². The van der Waals surface area contributed by atoms with E-state index in [4.69, 9.17) is 4.74 Å². The number of piperidine rings is 1. The average Bonchev–Trinajstić information content (AvgIpc) is 3.23. The van der Waals surface area contributed by atoms with E-state index in [1.807, 2.05) is 6.07 Å². The van der Waals surface area contributed by atoms with Crippen molar-refractivity contribution in [3.63, 3.8) is 0 Å². The van der Waals surface area contributed by atoms with Crippen LogP contribution >= 0.6 is 0 Å². The molecule has 0 aromatic heterocycles. The maximum atomic E-state index is 11.2. The number of hydrogen-bond donors (Lipinski definition) is 1. The lowest BCUT2D eigenvalue weighted by atomic mass is 9.84. The SMILES string of the molecule is COc1ccc(CN2CCC(O)(c3cccc(C)c3)CC2)cc1CN1CCCC1. The summed E-state index contributed by atoms with van der Waals surface area (Å²) < 4.78 is 5.61. The molecule has 2 fully saturated rings. The van der Waals surface area contributed by atoms with Crippen LogP contribution in [-0.4, -0.2) is 48.2 Å². The van der Waals surface area contributed by atoms with Crippen LogP contribution < -0.4 is 4.74 Å². The zero-order valence-electron chi connectivity index (χ0n) is 17.9. The van der Waals surface area contributed by atoms with Crippen molar-refractivity contribution in [3.05, 3.63) is 64.7 Å². The molecule has 0 radical (unpaired) electrons. The highest BCUT2D eigenvalue weighted by Gasteiger charge is 2.34. The highest BCUT2D eigenvalue weighted by molar-refractivity contribution is 5.37. The molecule has 0 atom stereocenters. The van der Waals surface area contributed by atoms with Crippen molar-refractivity contribution < 1.29 is 9.84 Å². The molecule has 29 heavy (non-hydrogen) atoms. The minimum absolute atomic E-state index is 0.691. The van der Waals surface area contributed by atoms with Gasteiger partial charge >= 0.3 is 0 Å². The first kappa shape index (κ1) is 20.4. The molecule has 0 amide bonds. The minimum atomic E-state index is -0.691. The van der Waals surface area contributed by atoms with Gasteiger partial charge in [0.05, 0.1) is 12.7 Å². The van der Waals surface area contributed by atoms with Crippen LogP contribution in [0.3, 0.4) is 0 Å². The fourth-order valence-corrected chi connectivity index (χ4v) is 4.80. The third-order valence-electron chi connectivity index (χ3n) is 6.58. The van der Waals surface area contributed by atoms with E-state index in [1.54, 1.807) is 7.11 Å². The summed E-state index contributed by atoms with van der Waals surface area (Å²) in [4.78, 5) is 4.98. The van der Waals surface area contributed by atoms with E-state index < -0.39 is 5.60 Å². The topological polar surface area (TPSA) is 35.9 Å². The molecular formula is C25H34N2O2. The van der Waals surface area contributed by atoms with Crippen LogP contribution in [-0.2, 0) is 18.7 Å². The fourth-order valence-electron chi connectivity index (χ4n) is 4.80. The van der Waals surface area contributed by atoms with E-state index in [0.29, 0.717) is 0 Å². The van der Waals surface area contributed by atoms with Gasteiger partial charge in [0.2, 0.25) is 0 Å². The van der Waals surface area contributed by atoms with Gasteiger partial charge in [-0.05, 0) is 69.0 Å². The minimum Gasteiger partial charge on any atom is -0.496 e. The zero-order valence-corrected chi connectivity index (χ0v) is 17.9. The van der Waals surface area contributed by atoms with Gasteiger partial charge in [-0.1, -0.05) is 35.9 Å². The summed E-state index contributed by atoms with van der Waals surface area (Å²) >= 11 is 0. The van der Waals surface area contributed by atoms with Crippen molar-refractivity contribution in [2.75, 3.05) is 33.3 Å². The van der Waals surface area contributed by atoms with E-state index in [9.17, 15) is 5.11 Å². The monoisotopic (exact) mass is 394 g/mol. The standard InChI is InChI=1S/C25H34N2O2/c1-20-6-5-7-23(16-20)25(28)10-14-27(15-11-25)18-21-8-9-24(29-2)22(17-21)19-26-12-3-4-13-26/h5-9,16-17,28H,3-4,10-15,18-19H2,1-2H3. The largest absolute Gasteiger partial charge is 0.496 e. The average molecular weight is 395 g/mol. The van der Waals surface area contributed by atoms with E-state index in [2.05, 4.69) is 53.1 Å². The highest BCUT2D eigenvalue weighted by atomic mass is 16.5. The van der Waals surface area contributed by atoms with Gasteiger partial charge in [0.15, 0.2) is 0 Å². The number of ether oxygens (including phenoxy) is 1. The van der Waals surface area contributed by atoms with Crippen LogP contribution in [0.2, 0.25) is 0 Å². The third-order valence-corrected chi connectivity index (χ3v) is 6.58. The Morgan fingerprint density at radius 3 is 2.34 bits per heavy atom. The van der Waals surface area contributed by atoms with Gasteiger partial charge in [-0.2, -0.15) is 0 Å². The molecule has 2 heterocycles. The summed E-state index contributed by atoms with van der Waals surface area (Å²) in [6.07, 6.45) is 4.18. The van der Waals surface area contributed by atoms with Crippen LogP contribution in [0, 0.1) is 6.92 Å². The lowest BCUT2D eigenvalue weighted by molar-refractivity contribution is -0.0277. The molecule has 0 bridgehead atoms.